The molecule has 0 spiro atoms. The monoisotopic (exact) mass is 202 g/mol. The summed E-state index contributed by atoms with van der Waals surface area (Å²) < 4.78 is 0. The van der Waals surface area contributed by atoms with Crippen LogP contribution >= 0.6 is 11.6 Å². The molecule has 1 N–H and O–H groups in total. The second-order valence-corrected chi connectivity index (χ2v) is 4.01. The molecule has 0 aromatic carbocycles. The van der Waals surface area contributed by atoms with E-state index < -0.39 is 0 Å². The molecule has 1 rings (SSSR count). The van der Waals surface area contributed by atoms with Crippen LogP contribution in [-0.2, 0) is 0 Å². The zero-order chi connectivity index (χ0) is 9.52. The van der Waals surface area contributed by atoms with Crippen LogP contribution in [0.15, 0.2) is 12.2 Å². The Morgan fingerprint density at radius 2 is 2.38 bits per heavy atom. The van der Waals surface area contributed by atoms with Crippen molar-refractivity contribution >= 4 is 11.6 Å². The number of nitrogens with zero attached hydrogens (tertiary/aromatic N) is 1. The summed E-state index contributed by atoms with van der Waals surface area (Å²) in [7, 11) is 2.19. The van der Waals surface area contributed by atoms with Crippen molar-refractivity contribution in [3.63, 3.8) is 0 Å². The average Bonchev–Trinajstić information content (AvgIpc) is 2.51. The molecule has 0 bridgehead atoms. The fourth-order valence-electron chi connectivity index (χ4n) is 1.71. The van der Waals surface area contributed by atoms with Crippen LogP contribution in [0.25, 0.3) is 0 Å². The fraction of sp³-hybridized carbons (Fsp3) is 0.800. The smallest absolute Gasteiger partial charge is 0.0404 e. The van der Waals surface area contributed by atoms with Crippen molar-refractivity contribution in [2.45, 2.75) is 6.42 Å². The molecule has 1 heterocycles. The predicted molar refractivity (Wildman–Crippen MR) is 58.3 cm³/mol. The van der Waals surface area contributed by atoms with Gasteiger partial charge in [0.15, 0.2) is 0 Å². The maximum atomic E-state index is 5.51. The molecule has 0 radical (unpaired) electrons. The molecular weight excluding hydrogens is 184 g/mol. The maximum Gasteiger partial charge on any atom is 0.0404 e. The predicted octanol–water partition coefficient (Wildman–Crippen LogP) is 1.32. The first-order valence-electron chi connectivity index (χ1n) is 4.93. The molecular formula is C10H19ClN2. The molecule has 1 aliphatic rings. The zero-order valence-corrected chi connectivity index (χ0v) is 9.06. The van der Waals surface area contributed by atoms with E-state index in [4.69, 9.17) is 11.6 Å². The lowest BCUT2D eigenvalue weighted by Crippen LogP contribution is -2.25. The lowest BCUT2D eigenvalue weighted by atomic mass is 10.1. The van der Waals surface area contributed by atoms with Crippen LogP contribution in [0.3, 0.4) is 0 Å². The number of alkyl halides is 1. The first-order valence-corrected chi connectivity index (χ1v) is 5.46. The number of hydrogen-bond acceptors (Lipinski definition) is 2. The van der Waals surface area contributed by atoms with Crippen molar-refractivity contribution in [3.8, 4) is 0 Å². The Labute approximate surface area is 85.9 Å². The molecule has 1 atom stereocenters. The van der Waals surface area contributed by atoms with Gasteiger partial charge < -0.3 is 10.2 Å². The number of hydrogen-bond donors (Lipinski definition) is 1. The number of nitrogens with one attached hydrogen (secondary N) is 1. The molecule has 1 fully saturated rings. The van der Waals surface area contributed by atoms with Crippen LogP contribution in [0, 0.1) is 5.92 Å². The average molecular weight is 203 g/mol. The molecule has 2 nitrogen and oxygen atoms in total. The van der Waals surface area contributed by atoms with E-state index in [1.807, 2.05) is 6.08 Å². The van der Waals surface area contributed by atoms with E-state index in [2.05, 4.69) is 23.3 Å². The molecule has 0 aromatic heterocycles. The lowest BCUT2D eigenvalue weighted by Gasteiger charge is -2.10. The quantitative estimate of drug-likeness (QED) is 0.411. The minimum atomic E-state index is 0.619. The number of likely N-dealkylation sites (tertiary alicyclic amines) is 1. The van der Waals surface area contributed by atoms with Crippen LogP contribution in [-0.4, -0.2) is 44.0 Å². The van der Waals surface area contributed by atoms with E-state index in [0.29, 0.717) is 5.88 Å². The highest BCUT2D eigenvalue weighted by molar-refractivity contribution is 6.18. The van der Waals surface area contributed by atoms with E-state index in [1.165, 1.54) is 19.5 Å². The van der Waals surface area contributed by atoms with Gasteiger partial charge >= 0.3 is 0 Å². The Hall–Kier alpha value is -0.0500. The van der Waals surface area contributed by atoms with Gasteiger partial charge in [-0.25, -0.2) is 0 Å². The Bertz CT molecular complexity index is 159. The third-order valence-corrected chi connectivity index (χ3v) is 2.62. The summed E-state index contributed by atoms with van der Waals surface area (Å²) in [6.07, 6.45) is 5.41. The summed E-state index contributed by atoms with van der Waals surface area (Å²) in [5.74, 6) is 1.46. The highest BCUT2D eigenvalue weighted by Gasteiger charge is 2.18. The minimum Gasteiger partial charge on any atom is -0.313 e. The molecule has 0 amide bonds. The van der Waals surface area contributed by atoms with Crippen molar-refractivity contribution < 1.29 is 0 Å². The first kappa shape index (κ1) is 11.0. The van der Waals surface area contributed by atoms with Crippen molar-refractivity contribution in [2.24, 2.45) is 5.92 Å². The van der Waals surface area contributed by atoms with Gasteiger partial charge in [-0.1, -0.05) is 12.2 Å². The third-order valence-electron chi connectivity index (χ3n) is 2.44. The Kier molecular flexibility index (Phi) is 5.44. The summed E-state index contributed by atoms with van der Waals surface area (Å²) >= 11 is 5.51. The molecule has 13 heavy (non-hydrogen) atoms. The van der Waals surface area contributed by atoms with E-state index in [0.717, 1.165) is 19.0 Å². The first-order chi connectivity index (χ1) is 6.33. The van der Waals surface area contributed by atoms with Crippen LogP contribution in [0.4, 0.5) is 0 Å². The third kappa shape index (κ3) is 4.65. The summed E-state index contributed by atoms with van der Waals surface area (Å²) in [4.78, 5) is 2.39. The van der Waals surface area contributed by atoms with Gasteiger partial charge in [0, 0.05) is 19.0 Å². The molecule has 3 heteroatoms. The van der Waals surface area contributed by atoms with Crippen LogP contribution < -0.4 is 5.32 Å². The van der Waals surface area contributed by atoms with Gasteiger partial charge in [0.05, 0.1) is 0 Å². The number of allylic oxidation sites excluding steroid dienone is 1. The molecule has 76 valence electrons. The number of rotatable bonds is 5. The van der Waals surface area contributed by atoms with Gasteiger partial charge in [0.25, 0.3) is 0 Å². The summed E-state index contributed by atoms with van der Waals surface area (Å²) in [5.41, 5.74) is 0. The normalized spacial score (nSPS) is 24.6. The van der Waals surface area contributed by atoms with E-state index >= 15 is 0 Å². The molecule has 0 aliphatic carbocycles. The Morgan fingerprint density at radius 1 is 1.54 bits per heavy atom. The highest BCUT2D eigenvalue weighted by Crippen LogP contribution is 2.12. The Balaban J connectivity index is 1.97. The summed E-state index contributed by atoms with van der Waals surface area (Å²) in [6.45, 7) is 4.58. The molecule has 1 saturated heterocycles. The van der Waals surface area contributed by atoms with Crippen molar-refractivity contribution in [2.75, 3.05) is 39.1 Å². The topological polar surface area (TPSA) is 15.3 Å². The van der Waals surface area contributed by atoms with Crippen LogP contribution in [0.2, 0.25) is 0 Å². The van der Waals surface area contributed by atoms with Crippen LogP contribution in [0.5, 0.6) is 0 Å². The second-order valence-electron chi connectivity index (χ2n) is 3.70. The van der Waals surface area contributed by atoms with E-state index in [1.54, 1.807) is 0 Å². The van der Waals surface area contributed by atoms with E-state index in [-0.39, 0.29) is 0 Å². The van der Waals surface area contributed by atoms with Gasteiger partial charge in [0.2, 0.25) is 0 Å². The maximum absolute atomic E-state index is 5.51. The summed E-state index contributed by atoms with van der Waals surface area (Å²) in [5, 5.41) is 3.41. The molecule has 0 saturated carbocycles. The van der Waals surface area contributed by atoms with Crippen molar-refractivity contribution in [1.29, 1.82) is 0 Å². The van der Waals surface area contributed by atoms with E-state index in [9.17, 15) is 0 Å². The van der Waals surface area contributed by atoms with Crippen molar-refractivity contribution in [1.82, 2.24) is 10.2 Å². The minimum absolute atomic E-state index is 0.619. The van der Waals surface area contributed by atoms with Gasteiger partial charge in [-0.05, 0) is 32.5 Å². The second kappa shape index (κ2) is 6.41. The SMILES string of the molecule is CN1CCC(CNC/C=C/CCl)C1. The Morgan fingerprint density at radius 3 is 3.00 bits per heavy atom. The fourth-order valence-corrected chi connectivity index (χ4v) is 1.84. The summed E-state index contributed by atoms with van der Waals surface area (Å²) in [6, 6.07) is 0. The highest BCUT2D eigenvalue weighted by atomic mass is 35.5. The van der Waals surface area contributed by atoms with Crippen LogP contribution in [0.1, 0.15) is 6.42 Å². The standard InChI is InChI=1S/C10H19ClN2/c1-13-7-4-10(9-13)8-12-6-3-2-5-11/h2-3,10,12H,4-9H2,1H3/b3-2+. The number of halogens is 1. The molecule has 0 aromatic rings. The van der Waals surface area contributed by atoms with Gasteiger partial charge in [-0.2, -0.15) is 0 Å². The van der Waals surface area contributed by atoms with Gasteiger partial charge in [-0.3, -0.25) is 0 Å². The van der Waals surface area contributed by atoms with Gasteiger partial charge in [-0.15, -0.1) is 11.6 Å². The van der Waals surface area contributed by atoms with Gasteiger partial charge in [0.1, 0.15) is 0 Å². The largest absolute Gasteiger partial charge is 0.313 e. The molecule has 1 aliphatic heterocycles. The zero-order valence-electron chi connectivity index (χ0n) is 8.30. The molecule has 1 unspecified atom stereocenters. The lowest BCUT2D eigenvalue weighted by molar-refractivity contribution is 0.390. The van der Waals surface area contributed by atoms with Crippen molar-refractivity contribution in [3.05, 3.63) is 12.2 Å².